The van der Waals surface area contributed by atoms with E-state index in [2.05, 4.69) is 9.50 Å². The quantitative estimate of drug-likeness (QED) is 0.584. The zero-order valence-electron chi connectivity index (χ0n) is 6.90. The van der Waals surface area contributed by atoms with Gasteiger partial charge in [-0.1, -0.05) is 0 Å². The number of hydrogen-bond acceptors (Lipinski definition) is 6. The monoisotopic (exact) mass is 231 g/mol. The van der Waals surface area contributed by atoms with E-state index >= 15 is 0 Å². The summed E-state index contributed by atoms with van der Waals surface area (Å²) in [6.45, 7) is 0. The van der Waals surface area contributed by atoms with Crippen molar-refractivity contribution < 1.29 is 18.0 Å². The Morgan fingerprint density at radius 3 is 2.33 bits per heavy atom. The summed E-state index contributed by atoms with van der Waals surface area (Å²) in [5.41, 5.74) is -2.48. The maximum atomic E-state index is 10.6. The van der Waals surface area contributed by atoms with Crippen LogP contribution in [0.4, 0.5) is 4.79 Å². The third kappa shape index (κ3) is 4.27. The minimum atomic E-state index is -2.48. The highest BCUT2D eigenvalue weighted by molar-refractivity contribution is 8.66. The van der Waals surface area contributed by atoms with Crippen LogP contribution in [-0.2, 0) is 25.0 Å². The molecule has 0 aromatic heterocycles. The van der Waals surface area contributed by atoms with Crippen LogP contribution in [-0.4, -0.2) is 27.4 Å². The second-order valence-corrected chi connectivity index (χ2v) is 7.47. The summed E-state index contributed by atoms with van der Waals surface area (Å²) in [4.78, 5) is 10.6. The average molecular weight is 231 g/mol. The molecule has 5 nitrogen and oxygen atoms in total. The Labute approximate surface area is 80.3 Å². The summed E-state index contributed by atoms with van der Waals surface area (Å²) >= 11 is 5.62. The molecule has 1 N–H and O–H groups in total. The van der Waals surface area contributed by atoms with Crippen LogP contribution in [0.2, 0.25) is 0 Å². The van der Waals surface area contributed by atoms with E-state index in [0.29, 0.717) is 0 Å². The van der Waals surface area contributed by atoms with Gasteiger partial charge in [-0.3, -0.25) is 0 Å². The first-order valence-electron chi connectivity index (χ1n) is 2.87. The number of amides is 1. The molecule has 72 valence electrons. The van der Waals surface area contributed by atoms with Gasteiger partial charge >= 0.3 is 6.09 Å². The van der Waals surface area contributed by atoms with E-state index in [1.807, 2.05) is 0 Å². The molecule has 0 radical (unpaired) electrons. The minimum absolute atomic E-state index is 0.580. The van der Waals surface area contributed by atoms with Crippen LogP contribution in [0, 0.1) is 0 Å². The SMILES string of the molecule is CNC(=O)OSP(=S)(OC)OC. The first-order valence-corrected chi connectivity index (χ1v) is 6.86. The van der Waals surface area contributed by atoms with Crippen LogP contribution in [0.25, 0.3) is 0 Å². The predicted octanol–water partition coefficient (Wildman–Crippen LogP) is 1.51. The lowest BCUT2D eigenvalue weighted by Crippen LogP contribution is -2.15. The molecule has 0 atom stereocenters. The molecule has 0 aliphatic heterocycles. The third-order valence-corrected chi connectivity index (χ3v) is 5.27. The van der Waals surface area contributed by atoms with Crippen molar-refractivity contribution in [1.82, 2.24) is 5.32 Å². The van der Waals surface area contributed by atoms with E-state index in [-0.39, 0.29) is 0 Å². The van der Waals surface area contributed by atoms with Crippen molar-refractivity contribution >= 4 is 35.3 Å². The standard InChI is InChI=1S/C4H10NO4PS2/c1-5-4(6)9-12-10(11,7-2)8-3/h1-3H3,(H,5,6). The Kier molecular flexibility index (Phi) is 5.86. The first kappa shape index (κ1) is 12.2. The van der Waals surface area contributed by atoms with Gasteiger partial charge in [-0.2, -0.15) is 0 Å². The summed E-state index contributed by atoms with van der Waals surface area (Å²) in [7, 11) is 4.26. The predicted molar refractivity (Wildman–Crippen MR) is 51.4 cm³/mol. The summed E-state index contributed by atoms with van der Waals surface area (Å²) in [5.74, 6) is 0. The van der Waals surface area contributed by atoms with Crippen LogP contribution >= 0.6 is 17.4 Å². The number of nitrogens with one attached hydrogen (secondary N) is 1. The lowest BCUT2D eigenvalue weighted by molar-refractivity contribution is 0.211. The molecule has 0 aromatic carbocycles. The van der Waals surface area contributed by atoms with Crippen molar-refractivity contribution in [2.24, 2.45) is 0 Å². The average Bonchev–Trinajstić information content (AvgIpc) is 2.13. The van der Waals surface area contributed by atoms with Gasteiger partial charge in [0.15, 0.2) is 11.7 Å². The fourth-order valence-corrected chi connectivity index (χ4v) is 1.89. The Hall–Kier alpha value is 0.190. The molecule has 0 spiro atoms. The molecule has 0 fully saturated rings. The van der Waals surface area contributed by atoms with E-state index in [0.717, 1.165) is 11.7 Å². The Morgan fingerprint density at radius 2 is 2.00 bits per heavy atom. The Bertz CT molecular complexity index is 191. The molecule has 0 aliphatic carbocycles. The first-order chi connectivity index (χ1) is 5.58. The second-order valence-electron chi connectivity index (χ2n) is 1.51. The van der Waals surface area contributed by atoms with Crippen molar-refractivity contribution in [2.45, 2.75) is 0 Å². The van der Waals surface area contributed by atoms with Gasteiger partial charge in [0, 0.05) is 21.3 Å². The molecule has 0 aromatic rings. The summed E-state index contributed by atoms with van der Waals surface area (Å²) in [6, 6.07) is 0. The van der Waals surface area contributed by atoms with Crippen LogP contribution in [0.1, 0.15) is 0 Å². The smallest absolute Gasteiger partial charge is 0.365 e. The third-order valence-electron chi connectivity index (χ3n) is 0.856. The summed E-state index contributed by atoms with van der Waals surface area (Å²) < 4.78 is 14.3. The zero-order valence-corrected chi connectivity index (χ0v) is 9.42. The van der Waals surface area contributed by atoms with E-state index in [4.69, 9.17) is 20.9 Å². The zero-order chi connectivity index (χ0) is 9.61. The number of rotatable bonds is 4. The molecule has 0 rings (SSSR count). The van der Waals surface area contributed by atoms with Crippen molar-refractivity contribution in [2.75, 3.05) is 21.3 Å². The van der Waals surface area contributed by atoms with Gasteiger partial charge in [0.2, 0.25) is 0 Å². The van der Waals surface area contributed by atoms with Crippen molar-refractivity contribution in [3.05, 3.63) is 0 Å². The molecular formula is C4H10NO4PS2. The van der Waals surface area contributed by atoms with Gasteiger partial charge in [0.05, 0.1) is 0 Å². The largest absolute Gasteiger partial charge is 0.419 e. The van der Waals surface area contributed by atoms with Gasteiger partial charge < -0.3 is 18.5 Å². The fourth-order valence-electron chi connectivity index (χ4n) is 0.257. The van der Waals surface area contributed by atoms with Gasteiger partial charge in [0.25, 0.3) is 5.69 Å². The molecule has 0 saturated carbocycles. The van der Waals surface area contributed by atoms with E-state index < -0.39 is 11.8 Å². The second kappa shape index (κ2) is 5.77. The molecule has 0 unspecified atom stereocenters. The lowest BCUT2D eigenvalue weighted by Gasteiger charge is -2.14. The van der Waals surface area contributed by atoms with Crippen molar-refractivity contribution in [3.63, 3.8) is 0 Å². The number of carbonyl (C=O) groups is 1. The highest BCUT2D eigenvalue weighted by atomic mass is 32.9. The van der Waals surface area contributed by atoms with Gasteiger partial charge in [-0.05, 0) is 11.8 Å². The van der Waals surface area contributed by atoms with Gasteiger partial charge in [-0.15, -0.1) is 0 Å². The maximum absolute atomic E-state index is 10.6. The number of hydrogen-bond donors (Lipinski definition) is 1. The molecule has 0 aliphatic rings. The van der Waals surface area contributed by atoms with Gasteiger partial charge in [0.1, 0.15) is 0 Å². The maximum Gasteiger partial charge on any atom is 0.419 e. The Balaban J connectivity index is 3.89. The topological polar surface area (TPSA) is 56.8 Å². The molecule has 12 heavy (non-hydrogen) atoms. The van der Waals surface area contributed by atoms with Gasteiger partial charge in [-0.25, -0.2) is 4.79 Å². The normalized spacial score (nSPS) is 10.9. The molecule has 0 saturated heterocycles. The van der Waals surface area contributed by atoms with Crippen LogP contribution < -0.4 is 5.32 Å². The summed E-state index contributed by atoms with van der Waals surface area (Å²) in [6.07, 6.45) is -0.580. The molecule has 1 amide bonds. The van der Waals surface area contributed by atoms with Crippen LogP contribution in [0.15, 0.2) is 0 Å². The highest BCUT2D eigenvalue weighted by Gasteiger charge is 2.20. The Morgan fingerprint density at radius 1 is 1.50 bits per heavy atom. The van der Waals surface area contributed by atoms with Crippen molar-refractivity contribution in [1.29, 1.82) is 0 Å². The van der Waals surface area contributed by atoms with Crippen LogP contribution in [0.3, 0.4) is 0 Å². The number of carbonyl (C=O) groups excluding carboxylic acids is 1. The van der Waals surface area contributed by atoms with E-state index in [1.165, 1.54) is 21.3 Å². The minimum Gasteiger partial charge on any atom is -0.365 e. The molecule has 8 heteroatoms. The molecular weight excluding hydrogens is 221 g/mol. The molecule has 0 heterocycles. The van der Waals surface area contributed by atoms with E-state index in [9.17, 15) is 4.79 Å². The van der Waals surface area contributed by atoms with E-state index in [1.54, 1.807) is 0 Å². The summed E-state index contributed by atoms with van der Waals surface area (Å²) in [5, 5.41) is 2.26. The fraction of sp³-hybridized carbons (Fsp3) is 0.750. The molecule has 0 bridgehead atoms. The highest BCUT2D eigenvalue weighted by Crippen LogP contribution is 2.60. The van der Waals surface area contributed by atoms with Crippen LogP contribution in [0.5, 0.6) is 0 Å². The lowest BCUT2D eigenvalue weighted by atomic mass is 11.1. The van der Waals surface area contributed by atoms with Crippen molar-refractivity contribution in [3.8, 4) is 0 Å².